The van der Waals surface area contributed by atoms with Crippen LogP contribution in [0.3, 0.4) is 0 Å². The lowest BCUT2D eigenvalue weighted by atomic mass is 9.87. The minimum absolute atomic E-state index is 0.0331. The van der Waals surface area contributed by atoms with Crippen LogP contribution in [0.15, 0.2) is 35.4 Å². The Morgan fingerprint density at radius 2 is 2.05 bits per heavy atom. The van der Waals surface area contributed by atoms with Crippen molar-refractivity contribution in [3.8, 4) is 0 Å². The average Bonchev–Trinajstić information content (AvgIpc) is 2.67. The molecule has 1 heterocycles. The Labute approximate surface area is 130 Å². The van der Waals surface area contributed by atoms with Gasteiger partial charge >= 0.3 is 5.97 Å². The Morgan fingerprint density at radius 3 is 2.73 bits per heavy atom. The minimum Gasteiger partial charge on any atom is -0.451 e. The van der Waals surface area contributed by atoms with Gasteiger partial charge in [-0.05, 0) is 56.7 Å². The molecule has 1 aromatic carbocycles. The molecule has 3 rings (SSSR count). The Kier molecular flexibility index (Phi) is 3.55. The van der Waals surface area contributed by atoms with Gasteiger partial charge in [-0.2, -0.15) is 0 Å². The first kappa shape index (κ1) is 14.8. The highest BCUT2D eigenvalue weighted by Gasteiger charge is 2.41. The number of nitrogens with one attached hydrogen (secondary N) is 1. The summed E-state index contributed by atoms with van der Waals surface area (Å²) in [6, 6.07) is 8.13. The Bertz CT molecular complexity index is 673. The van der Waals surface area contributed by atoms with Gasteiger partial charge in [0.25, 0.3) is 5.91 Å². The topological polar surface area (TPSA) is 55.4 Å². The molecule has 0 spiro atoms. The summed E-state index contributed by atoms with van der Waals surface area (Å²) < 4.78 is 5.28. The number of benzene rings is 1. The zero-order valence-corrected chi connectivity index (χ0v) is 13.2. The van der Waals surface area contributed by atoms with E-state index in [1.54, 1.807) is 20.8 Å². The molecule has 0 saturated heterocycles. The second-order valence-electron chi connectivity index (χ2n) is 6.52. The molecule has 4 nitrogen and oxygen atoms in total. The van der Waals surface area contributed by atoms with Crippen molar-refractivity contribution in [1.82, 2.24) is 5.32 Å². The van der Waals surface area contributed by atoms with E-state index in [9.17, 15) is 9.59 Å². The molecule has 22 heavy (non-hydrogen) atoms. The van der Waals surface area contributed by atoms with E-state index in [0.29, 0.717) is 5.57 Å². The molecule has 0 aromatic heterocycles. The smallest absolute Gasteiger partial charge is 0.344 e. The van der Waals surface area contributed by atoms with E-state index in [0.717, 1.165) is 24.8 Å². The van der Waals surface area contributed by atoms with Crippen LogP contribution in [0, 0.1) is 0 Å². The van der Waals surface area contributed by atoms with Gasteiger partial charge < -0.3 is 10.1 Å². The zero-order valence-electron chi connectivity index (χ0n) is 13.2. The molecule has 1 atom stereocenters. The molecule has 1 aliphatic heterocycles. The highest BCUT2D eigenvalue weighted by molar-refractivity contribution is 6.18. The summed E-state index contributed by atoms with van der Waals surface area (Å²) in [5, 5.41) is 3.02. The molecule has 1 aromatic rings. The van der Waals surface area contributed by atoms with Crippen molar-refractivity contribution >= 4 is 11.9 Å². The number of hydrogen-bond acceptors (Lipinski definition) is 3. The van der Waals surface area contributed by atoms with Gasteiger partial charge in [-0.15, -0.1) is 0 Å². The molecule has 4 heteroatoms. The summed E-state index contributed by atoms with van der Waals surface area (Å²) in [4.78, 5) is 24.6. The van der Waals surface area contributed by atoms with Crippen molar-refractivity contribution < 1.29 is 14.3 Å². The van der Waals surface area contributed by atoms with Crippen molar-refractivity contribution in [2.24, 2.45) is 0 Å². The molecule has 1 N–H and O–H groups in total. The summed E-state index contributed by atoms with van der Waals surface area (Å²) in [5.41, 5.74) is 2.59. The average molecular weight is 299 g/mol. The van der Waals surface area contributed by atoms with Gasteiger partial charge in [-0.3, -0.25) is 4.79 Å². The van der Waals surface area contributed by atoms with Crippen molar-refractivity contribution in [1.29, 1.82) is 0 Å². The predicted octanol–water partition coefficient (Wildman–Crippen LogP) is 2.83. The fourth-order valence-corrected chi connectivity index (χ4v) is 3.21. The Hall–Kier alpha value is -2.10. The van der Waals surface area contributed by atoms with Crippen LogP contribution in [0.2, 0.25) is 0 Å². The maximum Gasteiger partial charge on any atom is 0.344 e. The monoisotopic (exact) mass is 299 g/mol. The normalized spacial score (nSPS) is 23.0. The van der Waals surface area contributed by atoms with E-state index in [-0.39, 0.29) is 17.5 Å². The maximum atomic E-state index is 12.6. The number of fused-ring (bicyclic) bond motifs is 1. The van der Waals surface area contributed by atoms with Crippen LogP contribution >= 0.6 is 0 Å². The van der Waals surface area contributed by atoms with Crippen LogP contribution in [0.1, 0.15) is 50.8 Å². The van der Waals surface area contributed by atoms with Gasteiger partial charge in [0.1, 0.15) is 11.2 Å². The Morgan fingerprint density at radius 1 is 1.32 bits per heavy atom. The standard InChI is InChI=1S/C18H21NO3/c1-11-15(17(21)22-18(11,2)3)16(20)19-14-10-6-8-12-7-4-5-9-13(12)14/h4-5,7,9,14H,6,8,10H2,1-3H3,(H,19,20)/t14-/m1/s1. The predicted molar refractivity (Wildman–Crippen MR) is 83.1 cm³/mol. The third-order valence-electron chi connectivity index (χ3n) is 4.73. The van der Waals surface area contributed by atoms with Crippen molar-refractivity contribution in [2.75, 3.05) is 0 Å². The van der Waals surface area contributed by atoms with Crippen LogP contribution in [0.4, 0.5) is 0 Å². The number of cyclic esters (lactones) is 1. The number of esters is 1. The largest absolute Gasteiger partial charge is 0.451 e. The SMILES string of the molecule is CC1=C(C(=O)N[C@@H]2CCCc3ccccc32)C(=O)OC1(C)C. The fraction of sp³-hybridized carbons (Fsp3) is 0.444. The first-order valence-electron chi connectivity index (χ1n) is 7.73. The quantitative estimate of drug-likeness (QED) is 0.675. The molecular formula is C18H21NO3. The van der Waals surface area contributed by atoms with Gasteiger partial charge in [-0.25, -0.2) is 4.79 Å². The fourth-order valence-electron chi connectivity index (χ4n) is 3.21. The number of amides is 1. The summed E-state index contributed by atoms with van der Waals surface area (Å²) in [6.07, 6.45) is 2.97. The first-order valence-corrected chi connectivity index (χ1v) is 7.73. The lowest BCUT2D eigenvalue weighted by Gasteiger charge is -2.26. The summed E-state index contributed by atoms with van der Waals surface area (Å²) >= 11 is 0. The molecule has 1 amide bonds. The molecule has 0 bridgehead atoms. The molecular weight excluding hydrogens is 278 g/mol. The molecule has 2 aliphatic rings. The van der Waals surface area contributed by atoms with Crippen LogP contribution in [-0.4, -0.2) is 17.5 Å². The molecule has 0 saturated carbocycles. The van der Waals surface area contributed by atoms with Gasteiger partial charge in [0, 0.05) is 0 Å². The van der Waals surface area contributed by atoms with Crippen LogP contribution in [0.25, 0.3) is 0 Å². The van der Waals surface area contributed by atoms with Gasteiger partial charge in [0.05, 0.1) is 6.04 Å². The number of ether oxygens (including phenoxy) is 1. The third kappa shape index (κ3) is 2.43. The molecule has 116 valence electrons. The van der Waals surface area contributed by atoms with E-state index in [1.807, 2.05) is 12.1 Å². The lowest BCUT2D eigenvalue weighted by Crippen LogP contribution is -2.33. The molecule has 0 radical (unpaired) electrons. The second-order valence-corrected chi connectivity index (χ2v) is 6.52. The number of hydrogen-bond donors (Lipinski definition) is 1. The maximum absolute atomic E-state index is 12.6. The van der Waals surface area contributed by atoms with E-state index >= 15 is 0 Å². The Balaban J connectivity index is 1.85. The van der Waals surface area contributed by atoms with E-state index in [1.165, 1.54) is 5.56 Å². The van der Waals surface area contributed by atoms with E-state index in [4.69, 9.17) is 4.74 Å². The number of rotatable bonds is 2. The van der Waals surface area contributed by atoms with E-state index in [2.05, 4.69) is 17.4 Å². The van der Waals surface area contributed by atoms with Crippen LogP contribution in [0.5, 0.6) is 0 Å². The van der Waals surface area contributed by atoms with Crippen molar-refractivity contribution in [2.45, 2.75) is 51.7 Å². The summed E-state index contributed by atoms with van der Waals surface area (Å²) in [6.45, 7) is 5.39. The molecule has 1 aliphatic carbocycles. The summed E-state index contributed by atoms with van der Waals surface area (Å²) in [7, 11) is 0. The van der Waals surface area contributed by atoms with Crippen molar-refractivity contribution in [3.63, 3.8) is 0 Å². The minimum atomic E-state index is -0.700. The van der Waals surface area contributed by atoms with Gasteiger partial charge in [0.15, 0.2) is 0 Å². The summed E-state index contributed by atoms with van der Waals surface area (Å²) in [5.74, 6) is -0.848. The van der Waals surface area contributed by atoms with Gasteiger partial charge in [-0.1, -0.05) is 24.3 Å². The van der Waals surface area contributed by atoms with Crippen LogP contribution in [-0.2, 0) is 20.7 Å². The second kappa shape index (κ2) is 5.27. The van der Waals surface area contributed by atoms with Crippen molar-refractivity contribution in [3.05, 3.63) is 46.5 Å². The number of carbonyl (C=O) groups excluding carboxylic acids is 2. The van der Waals surface area contributed by atoms with E-state index < -0.39 is 11.6 Å². The highest BCUT2D eigenvalue weighted by Crippen LogP contribution is 2.34. The molecule has 0 unspecified atom stereocenters. The lowest BCUT2D eigenvalue weighted by molar-refractivity contribution is -0.145. The highest BCUT2D eigenvalue weighted by atomic mass is 16.6. The van der Waals surface area contributed by atoms with Crippen LogP contribution < -0.4 is 5.32 Å². The molecule has 0 fully saturated rings. The third-order valence-corrected chi connectivity index (χ3v) is 4.73. The number of aryl methyl sites for hydroxylation is 1. The number of carbonyl (C=O) groups is 2. The first-order chi connectivity index (χ1) is 10.4. The zero-order chi connectivity index (χ0) is 15.9. The van der Waals surface area contributed by atoms with Gasteiger partial charge in [0.2, 0.25) is 0 Å².